The normalized spacial score (nSPS) is 10.9. The average molecular weight is 222 g/mol. The molecule has 0 heterocycles. The van der Waals surface area contributed by atoms with E-state index in [0.717, 1.165) is 38.0 Å². The zero-order valence-corrected chi connectivity index (χ0v) is 10.2. The van der Waals surface area contributed by atoms with E-state index in [-0.39, 0.29) is 5.75 Å². The van der Waals surface area contributed by atoms with Gasteiger partial charge in [0, 0.05) is 6.54 Å². The molecule has 16 heavy (non-hydrogen) atoms. The molecule has 0 bridgehead atoms. The smallest absolute Gasteiger partial charge is 0.138 e. The SMILES string of the molecule is CCCN(CCC)Cc1ccc(O)c(N)c1. The van der Waals surface area contributed by atoms with Crippen LogP contribution >= 0.6 is 0 Å². The van der Waals surface area contributed by atoms with Gasteiger partial charge in [-0.3, -0.25) is 4.90 Å². The van der Waals surface area contributed by atoms with Crippen LogP contribution in [0.5, 0.6) is 5.75 Å². The highest BCUT2D eigenvalue weighted by molar-refractivity contribution is 5.53. The highest BCUT2D eigenvalue weighted by Crippen LogP contribution is 2.21. The fraction of sp³-hybridized carbons (Fsp3) is 0.538. The number of benzene rings is 1. The van der Waals surface area contributed by atoms with Gasteiger partial charge in [0.1, 0.15) is 5.75 Å². The first-order chi connectivity index (χ1) is 7.67. The Labute approximate surface area is 97.9 Å². The molecule has 0 radical (unpaired) electrons. The molecule has 0 aliphatic heterocycles. The van der Waals surface area contributed by atoms with Crippen LogP contribution in [0.4, 0.5) is 5.69 Å². The van der Waals surface area contributed by atoms with Crippen molar-refractivity contribution in [3.63, 3.8) is 0 Å². The first kappa shape index (κ1) is 12.8. The van der Waals surface area contributed by atoms with E-state index in [0.29, 0.717) is 5.69 Å². The van der Waals surface area contributed by atoms with Crippen LogP contribution in [-0.4, -0.2) is 23.1 Å². The van der Waals surface area contributed by atoms with Crippen molar-refractivity contribution >= 4 is 5.69 Å². The van der Waals surface area contributed by atoms with Crippen LogP contribution in [0.3, 0.4) is 0 Å². The maximum Gasteiger partial charge on any atom is 0.138 e. The maximum atomic E-state index is 9.35. The van der Waals surface area contributed by atoms with E-state index in [9.17, 15) is 5.11 Å². The molecule has 0 unspecified atom stereocenters. The molecule has 0 saturated carbocycles. The monoisotopic (exact) mass is 222 g/mol. The van der Waals surface area contributed by atoms with Gasteiger partial charge in [-0.2, -0.15) is 0 Å². The van der Waals surface area contributed by atoms with Crippen molar-refractivity contribution in [3.8, 4) is 5.75 Å². The Bertz CT molecular complexity index is 320. The molecule has 0 amide bonds. The van der Waals surface area contributed by atoms with E-state index in [4.69, 9.17) is 5.73 Å². The molecule has 1 aromatic carbocycles. The van der Waals surface area contributed by atoms with Crippen molar-refractivity contribution < 1.29 is 5.11 Å². The van der Waals surface area contributed by atoms with Crippen LogP contribution in [0.25, 0.3) is 0 Å². The van der Waals surface area contributed by atoms with Gasteiger partial charge in [0.25, 0.3) is 0 Å². The molecule has 0 aromatic heterocycles. The Balaban J connectivity index is 2.65. The Kier molecular flexibility index (Phi) is 5.12. The van der Waals surface area contributed by atoms with Gasteiger partial charge in [0.15, 0.2) is 0 Å². The molecule has 0 aliphatic carbocycles. The fourth-order valence-corrected chi connectivity index (χ4v) is 1.86. The van der Waals surface area contributed by atoms with Crippen LogP contribution in [0.15, 0.2) is 18.2 Å². The molecule has 0 atom stereocenters. The Morgan fingerprint density at radius 1 is 1.19 bits per heavy atom. The lowest BCUT2D eigenvalue weighted by Crippen LogP contribution is -2.24. The summed E-state index contributed by atoms with van der Waals surface area (Å²) in [5.74, 6) is 0.168. The maximum absolute atomic E-state index is 9.35. The summed E-state index contributed by atoms with van der Waals surface area (Å²) in [6, 6.07) is 5.46. The summed E-state index contributed by atoms with van der Waals surface area (Å²) in [6.07, 6.45) is 2.32. The van der Waals surface area contributed by atoms with Crippen molar-refractivity contribution in [2.75, 3.05) is 18.8 Å². The Morgan fingerprint density at radius 3 is 2.31 bits per heavy atom. The number of phenols is 1. The second-order valence-corrected chi connectivity index (χ2v) is 4.17. The van der Waals surface area contributed by atoms with Gasteiger partial charge in [0.2, 0.25) is 0 Å². The number of hydrogen-bond acceptors (Lipinski definition) is 3. The lowest BCUT2D eigenvalue weighted by molar-refractivity contribution is 0.266. The quantitative estimate of drug-likeness (QED) is 0.574. The number of phenolic OH excluding ortho intramolecular Hbond substituents is 1. The number of hydrogen-bond donors (Lipinski definition) is 2. The second kappa shape index (κ2) is 6.38. The molecule has 0 saturated heterocycles. The molecule has 3 heteroatoms. The summed E-state index contributed by atoms with van der Waals surface area (Å²) >= 11 is 0. The van der Waals surface area contributed by atoms with Crippen LogP contribution in [-0.2, 0) is 6.54 Å². The van der Waals surface area contributed by atoms with Gasteiger partial charge >= 0.3 is 0 Å². The van der Waals surface area contributed by atoms with Gasteiger partial charge < -0.3 is 10.8 Å². The van der Waals surface area contributed by atoms with E-state index < -0.39 is 0 Å². The molecule has 1 rings (SSSR count). The predicted octanol–water partition coefficient (Wildman–Crippen LogP) is 2.60. The first-order valence-electron chi connectivity index (χ1n) is 5.97. The van der Waals surface area contributed by atoms with E-state index in [2.05, 4.69) is 18.7 Å². The molecule has 0 fully saturated rings. The van der Waals surface area contributed by atoms with Crippen LogP contribution < -0.4 is 5.73 Å². The molecule has 3 N–H and O–H groups in total. The molecule has 1 aromatic rings. The standard InChI is InChI=1S/C13H22N2O/c1-3-7-15(8-4-2)10-11-5-6-13(16)12(14)9-11/h5-6,9,16H,3-4,7-8,10,14H2,1-2H3. The van der Waals surface area contributed by atoms with Crippen molar-refractivity contribution in [3.05, 3.63) is 23.8 Å². The highest BCUT2D eigenvalue weighted by Gasteiger charge is 2.05. The first-order valence-corrected chi connectivity index (χ1v) is 5.97. The van der Waals surface area contributed by atoms with Gasteiger partial charge in [-0.1, -0.05) is 19.9 Å². The van der Waals surface area contributed by atoms with E-state index in [1.165, 1.54) is 0 Å². The number of aromatic hydroxyl groups is 1. The minimum absolute atomic E-state index is 0.168. The third-order valence-electron chi connectivity index (χ3n) is 2.58. The second-order valence-electron chi connectivity index (χ2n) is 4.17. The minimum atomic E-state index is 0.168. The number of rotatable bonds is 6. The van der Waals surface area contributed by atoms with E-state index in [1.54, 1.807) is 6.07 Å². The summed E-state index contributed by atoms with van der Waals surface area (Å²) in [5, 5.41) is 9.35. The molecule has 0 spiro atoms. The molecular weight excluding hydrogens is 200 g/mol. The Morgan fingerprint density at radius 2 is 1.81 bits per heavy atom. The number of nitrogen functional groups attached to an aromatic ring is 1. The van der Waals surface area contributed by atoms with Crippen LogP contribution in [0, 0.1) is 0 Å². The number of nitrogens with zero attached hydrogens (tertiary/aromatic N) is 1. The topological polar surface area (TPSA) is 49.5 Å². The van der Waals surface area contributed by atoms with Crippen LogP contribution in [0.1, 0.15) is 32.3 Å². The summed E-state index contributed by atoms with van der Waals surface area (Å²) < 4.78 is 0. The predicted molar refractivity (Wildman–Crippen MR) is 68.4 cm³/mol. The van der Waals surface area contributed by atoms with Gasteiger partial charge in [0.05, 0.1) is 5.69 Å². The summed E-state index contributed by atoms with van der Waals surface area (Å²) in [7, 11) is 0. The van der Waals surface area contributed by atoms with Crippen molar-refractivity contribution in [2.45, 2.75) is 33.2 Å². The van der Waals surface area contributed by atoms with Gasteiger partial charge in [-0.15, -0.1) is 0 Å². The van der Waals surface area contributed by atoms with Crippen LogP contribution in [0.2, 0.25) is 0 Å². The van der Waals surface area contributed by atoms with Gasteiger partial charge in [-0.25, -0.2) is 0 Å². The number of nitrogens with two attached hydrogens (primary N) is 1. The van der Waals surface area contributed by atoms with E-state index >= 15 is 0 Å². The summed E-state index contributed by atoms with van der Waals surface area (Å²) in [5.41, 5.74) is 7.30. The third-order valence-corrected chi connectivity index (χ3v) is 2.58. The zero-order chi connectivity index (χ0) is 12.0. The lowest BCUT2D eigenvalue weighted by atomic mass is 10.1. The largest absolute Gasteiger partial charge is 0.506 e. The third kappa shape index (κ3) is 3.74. The zero-order valence-electron chi connectivity index (χ0n) is 10.2. The summed E-state index contributed by atoms with van der Waals surface area (Å²) in [6.45, 7) is 7.50. The van der Waals surface area contributed by atoms with E-state index in [1.807, 2.05) is 12.1 Å². The molecule has 90 valence electrons. The fourth-order valence-electron chi connectivity index (χ4n) is 1.86. The Hall–Kier alpha value is -1.22. The lowest BCUT2D eigenvalue weighted by Gasteiger charge is -2.21. The van der Waals surface area contributed by atoms with Gasteiger partial charge in [-0.05, 0) is 43.6 Å². The minimum Gasteiger partial charge on any atom is -0.506 e. The molecular formula is C13H22N2O. The highest BCUT2D eigenvalue weighted by atomic mass is 16.3. The van der Waals surface area contributed by atoms with Crippen molar-refractivity contribution in [1.82, 2.24) is 4.90 Å². The average Bonchev–Trinajstić information content (AvgIpc) is 2.24. The van der Waals surface area contributed by atoms with Crippen molar-refractivity contribution in [2.24, 2.45) is 0 Å². The molecule has 0 aliphatic rings. The number of anilines is 1. The summed E-state index contributed by atoms with van der Waals surface area (Å²) in [4.78, 5) is 2.41. The van der Waals surface area contributed by atoms with Crippen molar-refractivity contribution in [1.29, 1.82) is 0 Å². The molecule has 3 nitrogen and oxygen atoms in total.